The highest BCUT2D eigenvalue weighted by molar-refractivity contribution is 5.01. The van der Waals surface area contributed by atoms with Crippen molar-refractivity contribution in [2.75, 3.05) is 0 Å². The van der Waals surface area contributed by atoms with Crippen LogP contribution in [-0.4, -0.2) is 0 Å². The zero-order valence-electron chi connectivity index (χ0n) is 10.7. The average Bonchev–Trinajstić information content (AvgIpc) is 2.18. The highest BCUT2D eigenvalue weighted by atomic mass is 79.9. The first kappa shape index (κ1) is 15.6. The molecular formula is C14H24BrN. The molecule has 0 radical (unpaired) electrons. The lowest BCUT2D eigenvalue weighted by Crippen LogP contribution is -3.00. The largest absolute Gasteiger partial charge is 1.00 e. The van der Waals surface area contributed by atoms with Crippen LogP contribution in [0.15, 0.2) is 24.5 Å². The van der Waals surface area contributed by atoms with Gasteiger partial charge in [-0.1, -0.05) is 26.7 Å². The van der Waals surface area contributed by atoms with E-state index in [1.54, 1.807) is 0 Å². The Morgan fingerprint density at radius 1 is 1.31 bits per heavy atom. The molecule has 0 amide bonds. The van der Waals surface area contributed by atoms with E-state index in [9.17, 15) is 0 Å². The van der Waals surface area contributed by atoms with E-state index < -0.39 is 0 Å². The molecule has 0 N–H and O–H groups in total. The first-order chi connectivity index (χ1) is 7.22. The van der Waals surface area contributed by atoms with Crippen molar-refractivity contribution >= 4 is 0 Å². The normalized spacial score (nSPS) is 11.9. The molecule has 92 valence electrons. The van der Waals surface area contributed by atoms with Gasteiger partial charge in [0.2, 0.25) is 0 Å². The molecular weight excluding hydrogens is 262 g/mol. The van der Waals surface area contributed by atoms with Gasteiger partial charge in [-0.15, -0.1) is 0 Å². The standard InChI is InChI=1S/C14H24N.BrH/c1-4-7-13(2)8-5-10-15-11-6-9-14(3)12-15;/h6,9,11-13H,4-5,7-8,10H2,1-3H3;1H/q+1;/p-1. The molecule has 0 aliphatic rings. The van der Waals surface area contributed by atoms with Gasteiger partial charge in [0.25, 0.3) is 0 Å². The minimum absolute atomic E-state index is 0. The molecule has 2 heteroatoms. The highest BCUT2D eigenvalue weighted by Crippen LogP contribution is 2.11. The second-order valence-corrected chi connectivity index (χ2v) is 4.66. The van der Waals surface area contributed by atoms with E-state index in [1.165, 1.54) is 31.2 Å². The fourth-order valence-corrected chi connectivity index (χ4v) is 2.05. The maximum atomic E-state index is 2.37. The van der Waals surface area contributed by atoms with E-state index in [-0.39, 0.29) is 17.0 Å². The van der Waals surface area contributed by atoms with Gasteiger partial charge < -0.3 is 17.0 Å². The summed E-state index contributed by atoms with van der Waals surface area (Å²) in [6.45, 7) is 7.95. The molecule has 0 aliphatic heterocycles. The summed E-state index contributed by atoms with van der Waals surface area (Å²) in [5.74, 6) is 0.889. The molecule has 1 heterocycles. The van der Waals surface area contributed by atoms with Crippen LogP contribution in [0.25, 0.3) is 0 Å². The van der Waals surface area contributed by atoms with Crippen LogP contribution >= 0.6 is 0 Å². The molecule has 0 fully saturated rings. The Hall–Kier alpha value is -0.370. The Labute approximate surface area is 111 Å². The van der Waals surface area contributed by atoms with Crippen LogP contribution in [0, 0.1) is 12.8 Å². The number of pyridine rings is 1. The van der Waals surface area contributed by atoms with E-state index in [1.807, 2.05) is 0 Å². The number of hydrogen-bond acceptors (Lipinski definition) is 0. The van der Waals surface area contributed by atoms with Gasteiger partial charge in [-0.3, -0.25) is 0 Å². The van der Waals surface area contributed by atoms with Gasteiger partial charge in [-0.2, -0.15) is 0 Å². The predicted octanol–water partition coefficient (Wildman–Crippen LogP) is 0.503. The zero-order valence-corrected chi connectivity index (χ0v) is 12.3. The first-order valence-electron chi connectivity index (χ1n) is 6.18. The molecule has 0 spiro atoms. The van der Waals surface area contributed by atoms with Crippen molar-refractivity contribution in [1.29, 1.82) is 0 Å². The summed E-state index contributed by atoms with van der Waals surface area (Å²) in [5.41, 5.74) is 1.35. The van der Waals surface area contributed by atoms with Gasteiger partial charge in [-0.25, -0.2) is 4.57 Å². The maximum Gasteiger partial charge on any atom is 0.171 e. The molecule has 0 saturated carbocycles. The SMILES string of the molecule is CCCC(C)CCC[n+]1cccc(C)c1.[Br-]. The second-order valence-electron chi connectivity index (χ2n) is 4.66. The Kier molecular flexibility index (Phi) is 8.54. The van der Waals surface area contributed by atoms with Crippen molar-refractivity contribution in [2.24, 2.45) is 5.92 Å². The fraction of sp³-hybridized carbons (Fsp3) is 0.643. The van der Waals surface area contributed by atoms with Crippen LogP contribution < -0.4 is 21.5 Å². The summed E-state index contributed by atoms with van der Waals surface area (Å²) in [6.07, 6.45) is 9.74. The number of nitrogens with zero attached hydrogens (tertiary/aromatic N) is 1. The molecule has 0 aromatic carbocycles. The molecule has 1 rings (SSSR count). The predicted molar refractivity (Wildman–Crippen MR) is 64.7 cm³/mol. The third-order valence-corrected chi connectivity index (χ3v) is 2.90. The third kappa shape index (κ3) is 6.26. The molecule has 0 saturated heterocycles. The first-order valence-corrected chi connectivity index (χ1v) is 6.18. The second kappa shape index (κ2) is 8.74. The molecule has 0 aliphatic carbocycles. The lowest BCUT2D eigenvalue weighted by molar-refractivity contribution is -0.697. The zero-order chi connectivity index (χ0) is 11.1. The quantitative estimate of drug-likeness (QED) is 0.671. The highest BCUT2D eigenvalue weighted by Gasteiger charge is 2.04. The van der Waals surface area contributed by atoms with Gasteiger partial charge in [0.15, 0.2) is 12.4 Å². The molecule has 1 atom stereocenters. The average molecular weight is 286 g/mol. The molecule has 0 bridgehead atoms. The minimum atomic E-state index is 0. The minimum Gasteiger partial charge on any atom is -1.00 e. The van der Waals surface area contributed by atoms with Crippen LogP contribution in [0.1, 0.15) is 45.1 Å². The van der Waals surface area contributed by atoms with Crippen LogP contribution in [0.2, 0.25) is 0 Å². The fourth-order valence-electron chi connectivity index (χ4n) is 2.05. The van der Waals surface area contributed by atoms with Crippen molar-refractivity contribution in [1.82, 2.24) is 0 Å². The smallest absolute Gasteiger partial charge is 0.171 e. The van der Waals surface area contributed by atoms with Crippen molar-refractivity contribution in [2.45, 2.75) is 53.0 Å². The van der Waals surface area contributed by atoms with Crippen molar-refractivity contribution < 1.29 is 21.5 Å². The third-order valence-electron chi connectivity index (χ3n) is 2.90. The van der Waals surface area contributed by atoms with Gasteiger partial charge in [-0.05, 0) is 25.3 Å². The summed E-state index contributed by atoms with van der Waals surface area (Å²) in [6, 6.07) is 4.28. The van der Waals surface area contributed by atoms with E-state index in [4.69, 9.17) is 0 Å². The van der Waals surface area contributed by atoms with E-state index in [0.717, 1.165) is 12.5 Å². The van der Waals surface area contributed by atoms with Gasteiger partial charge >= 0.3 is 0 Å². The monoisotopic (exact) mass is 285 g/mol. The lowest BCUT2D eigenvalue weighted by Gasteiger charge is -2.07. The number of aromatic nitrogens is 1. The van der Waals surface area contributed by atoms with Gasteiger partial charge in [0.1, 0.15) is 6.54 Å². The molecule has 1 aromatic rings. The van der Waals surface area contributed by atoms with Crippen LogP contribution in [0.4, 0.5) is 0 Å². The molecule has 16 heavy (non-hydrogen) atoms. The summed E-state index contributed by atoms with van der Waals surface area (Å²) in [4.78, 5) is 0. The van der Waals surface area contributed by atoms with Crippen LogP contribution in [0.3, 0.4) is 0 Å². The maximum absolute atomic E-state index is 2.37. The number of halogens is 1. The summed E-state index contributed by atoms with van der Waals surface area (Å²) in [5, 5.41) is 0. The number of aryl methyl sites for hydroxylation is 2. The van der Waals surface area contributed by atoms with Crippen molar-refractivity contribution in [3.8, 4) is 0 Å². The van der Waals surface area contributed by atoms with E-state index >= 15 is 0 Å². The molecule has 1 aromatic heterocycles. The number of hydrogen-bond donors (Lipinski definition) is 0. The van der Waals surface area contributed by atoms with Crippen molar-refractivity contribution in [3.05, 3.63) is 30.1 Å². The van der Waals surface area contributed by atoms with Gasteiger partial charge in [0.05, 0.1) is 0 Å². The molecule has 1 unspecified atom stereocenters. The Morgan fingerprint density at radius 3 is 2.69 bits per heavy atom. The number of rotatable bonds is 6. The van der Waals surface area contributed by atoms with Crippen LogP contribution in [0.5, 0.6) is 0 Å². The Balaban J connectivity index is 0.00000225. The summed E-state index contributed by atoms with van der Waals surface area (Å²) < 4.78 is 2.30. The molecule has 1 nitrogen and oxygen atoms in total. The Bertz CT molecular complexity index is 286. The van der Waals surface area contributed by atoms with Crippen LogP contribution in [-0.2, 0) is 6.54 Å². The Morgan fingerprint density at radius 2 is 2.06 bits per heavy atom. The summed E-state index contributed by atoms with van der Waals surface area (Å²) >= 11 is 0. The summed E-state index contributed by atoms with van der Waals surface area (Å²) in [7, 11) is 0. The topological polar surface area (TPSA) is 3.88 Å². The van der Waals surface area contributed by atoms with E-state index in [2.05, 4.69) is 49.9 Å². The van der Waals surface area contributed by atoms with Gasteiger partial charge in [0, 0.05) is 18.1 Å². The van der Waals surface area contributed by atoms with Crippen molar-refractivity contribution in [3.63, 3.8) is 0 Å². The van der Waals surface area contributed by atoms with E-state index in [0.29, 0.717) is 0 Å². The lowest BCUT2D eigenvalue weighted by atomic mass is 10.0.